The third-order valence-corrected chi connectivity index (χ3v) is 4.89. The van der Waals surface area contributed by atoms with Crippen LogP contribution in [0.3, 0.4) is 0 Å². The topological polar surface area (TPSA) is 81.9 Å². The number of carbonyl (C=O) groups excluding carboxylic acids is 1. The third kappa shape index (κ3) is 4.42. The lowest BCUT2D eigenvalue weighted by Crippen LogP contribution is -2.12. The first-order valence-corrected chi connectivity index (χ1v) is 9.61. The molecule has 1 amide bonds. The zero-order valence-corrected chi connectivity index (χ0v) is 17.3. The van der Waals surface area contributed by atoms with Crippen LogP contribution in [0.25, 0.3) is 5.82 Å². The van der Waals surface area contributed by atoms with E-state index in [1.165, 1.54) is 6.07 Å². The van der Waals surface area contributed by atoms with Gasteiger partial charge in [-0.2, -0.15) is 0 Å². The van der Waals surface area contributed by atoms with Crippen molar-refractivity contribution in [3.8, 4) is 17.4 Å². The van der Waals surface area contributed by atoms with Gasteiger partial charge < -0.3 is 10.1 Å². The zero-order valence-electron chi connectivity index (χ0n) is 17.3. The molecule has 4 aromatic rings. The first-order valence-electron chi connectivity index (χ1n) is 9.61. The summed E-state index contributed by atoms with van der Waals surface area (Å²) >= 11 is 0. The van der Waals surface area contributed by atoms with Crippen LogP contribution in [0.5, 0.6) is 11.6 Å². The minimum atomic E-state index is -0.415. The van der Waals surface area contributed by atoms with E-state index in [9.17, 15) is 9.18 Å². The highest BCUT2D eigenvalue weighted by molar-refractivity contribution is 6.04. The van der Waals surface area contributed by atoms with Crippen molar-refractivity contribution >= 4 is 11.6 Å². The van der Waals surface area contributed by atoms with Crippen LogP contribution in [-0.4, -0.2) is 25.7 Å². The number of halogens is 1. The molecule has 0 atom stereocenters. The highest BCUT2D eigenvalue weighted by Crippen LogP contribution is 2.22. The maximum atomic E-state index is 13.7. The van der Waals surface area contributed by atoms with Crippen LogP contribution in [0.1, 0.15) is 27.3 Å². The van der Waals surface area contributed by atoms with Crippen LogP contribution in [0.2, 0.25) is 0 Å². The average molecular weight is 417 g/mol. The van der Waals surface area contributed by atoms with Gasteiger partial charge >= 0.3 is 0 Å². The molecule has 4 rings (SSSR count). The van der Waals surface area contributed by atoms with Crippen molar-refractivity contribution in [2.24, 2.45) is 0 Å². The predicted molar refractivity (Wildman–Crippen MR) is 114 cm³/mol. The average Bonchev–Trinajstić information content (AvgIpc) is 3.10. The monoisotopic (exact) mass is 417 g/mol. The van der Waals surface area contributed by atoms with Gasteiger partial charge in [-0.1, -0.05) is 6.07 Å². The molecule has 0 saturated carbocycles. The van der Waals surface area contributed by atoms with E-state index in [4.69, 9.17) is 4.74 Å². The SMILES string of the molecule is Cc1ccc(C(=O)Nc2ccc(Oc3ccc(-n4cnc(C)c4C)nn3)cc2)cc1F. The lowest BCUT2D eigenvalue weighted by Gasteiger charge is -2.09. The Balaban J connectivity index is 1.41. The number of imidazole rings is 1. The number of aromatic nitrogens is 4. The molecule has 7 nitrogen and oxygen atoms in total. The van der Waals surface area contributed by atoms with E-state index in [2.05, 4.69) is 20.5 Å². The number of anilines is 1. The Hall–Kier alpha value is -4.07. The van der Waals surface area contributed by atoms with Gasteiger partial charge in [-0.05, 0) is 68.8 Å². The van der Waals surface area contributed by atoms with E-state index in [0.29, 0.717) is 28.7 Å². The summed E-state index contributed by atoms with van der Waals surface area (Å²) in [6.45, 7) is 5.54. The van der Waals surface area contributed by atoms with Crippen LogP contribution in [0.15, 0.2) is 60.9 Å². The molecule has 0 aliphatic rings. The van der Waals surface area contributed by atoms with Crippen molar-refractivity contribution in [1.29, 1.82) is 0 Å². The molecule has 1 N–H and O–H groups in total. The summed E-state index contributed by atoms with van der Waals surface area (Å²) in [5.41, 5.74) is 3.23. The van der Waals surface area contributed by atoms with E-state index < -0.39 is 5.82 Å². The summed E-state index contributed by atoms with van der Waals surface area (Å²) < 4.78 is 21.2. The fourth-order valence-electron chi connectivity index (χ4n) is 2.89. The van der Waals surface area contributed by atoms with Gasteiger partial charge in [0.1, 0.15) is 17.9 Å². The van der Waals surface area contributed by atoms with Gasteiger partial charge in [0.15, 0.2) is 5.82 Å². The molecule has 2 aromatic carbocycles. The Morgan fingerprint density at radius 1 is 1.00 bits per heavy atom. The van der Waals surface area contributed by atoms with E-state index >= 15 is 0 Å². The fourth-order valence-corrected chi connectivity index (χ4v) is 2.89. The van der Waals surface area contributed by atoms with Gasteiger partial charge in [-0.15, -0.1) is 10.2 Å². The Morgan fingerprint density at radius 3 is 2.39 bits per heavy atom. The quantitative estimate of drug-likeness (QED) is 0.506. The zero-order chi connectivity index (χ0) is 22.0. The number of benzene rings is 2. The minimum absolute atomic E-state index is 0.252. The van der Waals surface area contributed by atoms with Crippen LogP contribution >= 0.6 is 0 Å². The van der Waals surface area contributed by atoms with Gasteiger partial charge in [0.25, 0.3) is 5.91 Å². The molecule has 2 heterocycles. The summed E-state index contributed by atoms with van der Waals surface area (Å²) in [7, 11) is 0. The van der Waals surface area contributed by atoms with Crippen molar-refractivity contribution in [2.75, 3.05) is 5.32 Å². The van der Waals surface area contributed by atoms with Gasteiger partial charge in [0.05, 0.1) is 5.69 Å². The number of ether oxygens (including phenoxy) is 1. The highest BCUT2D eigenvalue weighted by atomic mass is 19.1. The summed E-state index contributed by atoms with van der Waals surface area (Å²) in [6.07, 6.45) is 1.70. The number of nitrogens with zero attached hydrogens (tertiary/aromatic N) is 4. The number of rotatable bonds is 5. The van der Waals surface area contributed by atoms with Crippen molar-refractivity contribution in [1.82, 2.24) is 19.7 Å². The molecular weight excluding hydrogens is 397 g/mol. The Bertz CT molecular complexity index is 1230. The van der Waals surface area contributed by atoms with E-state index in [1.54, 1.807) is 61.8 Å². The highest BCUT2D eigenvalue weighted by Gasteiger charge is 2.10. The van der Waals surface area contributed by atoms with Crippen LogP contribution < -0.4 is 10.1 Å². The summed E-state index contributed by atoms with van der Waals surface area (Å²) in [5.74, 6) is 0.721. The largest absolute Gasteiger partial charge is 0.438 e. The second-order valence-corrected chi connectivity index (χ2v) is 7.06. The van der Waals surface area contributed by atoms with Crippen LogP contribution in [0, 0.1) is 26.6 Å². The molecule has 0 unspecified atom stereocenters. The van der Waals surface area contributed by atoms with Gasteiger partial charge in [-0.3, -0.25) is 9.36 Å². The number of amides is 1. The molecule has 2 aromatic heterocycles. The number of nitrogens with one attached hydrogen (secondary N) is 1. The first-order chi connectivity index (χ1) is 14.9. The number of hydrogen-bond donors (Lipinski definition) is 1. The Kier molecular flexibility index (Phi) is 5.44. The molecule has 0 aliphatic carbocycles. The van der Waals surface area contributed by atoms with E-state index in [-0.39, 0.29) is 11.5 Å². The summed E-state index contributed by atoms with van der Waals surface area (Å²) in [5, 5.41) is 11.0. The minimum Gasteiger partial charge on any atom is -0.438 e. The molecule has 156 valence electrons. The number of aryl methyl sites for hydroxylation is 2. The second kappa shape index (κ2) is 8.35. The predicted octanol–water partition coefficient (Wildman–Crippen LogP) is 4.77. The van der Waals surface area contributed by atoms with Crippen molar-refractivity contribution < 1.29 is 13.9 Å². The third-order valence-electron chi connectivity index (χ3n) is 4.89. The maximum absolute atomic E-state index is 13.7. The van der Waals surface area contributed by atoms with E-state index in [1.807, 2.05) is 18.4 Å². The van der Waals surface area contributed by atoms with Crippen molar-refractivity contribution in [3.05, 3.63) is 89.3 Å². The molecule has 31 heavy (non-hydrogen) atoms. The van der Waals surface area contributed by atoms with Crippen LogP contribution in [-0.2, 0) is 0 Å². The first kappa shape index (κ1) is 20.2. The molecule has 0 radical (unpaired) electrons. The molecule has 0 bridgehead atoms. The lowest BCUT2D eigenvalue weighted by molar-refractivity contribution is 0.102. The number of carbonyl (C=O) groups is 1. The van der Waals surface area contributed by atoms with Crippen molar-refractivity contribution in [2.45, 2.75) is 20.8 Å². The maximum Gasteiger partial charge on any atom is 0.255 e. The standard InChI is InChI=1S/C23H20FN5O2/c1-14-4-5-17(12-20(14)24)23(30)26-18-6-8-19(9-7-18)31-22-11-10-21(27-28-22)29-13-25-15(2)16(29)3/h4-13H,1-3H3,(H,26,30). The molecule has 0 fully saturated rings. The van der Waals surface area contributed by atoms with Crippen molar-refractivity contribution in [3.63, 3.8) is 0 Å². The van der Waals surface area contributed by atoms with E-state index in [0.717, 1.165) is 11.4 Å². The smallest absolute Gasteiger partial charge is 0.255 e. The Labute approximate surface area is 178 Å². The molecule has 8 heteroatoms. The molecule has 0 spiro atoms. The fraction of sp³-hybridized carbons (Fsp3) is 0.130. The molecular formula is C23H20FN5O2. The molecule has 0 aliphatic heterocycles. The normalized spacial score (nSPS) is 10.7. The Morgan fingerprint density at radius 2 is 1.77 bits per heavy atom. The molecule has 0 saturated heterocycles. The lowest BCUT2D eigenvalue weighted by atomic mass is 10.1. The van der Waals surface area contributed by atoms with Gasteiger partial charge in [-0.25, -0.2) is 9.37 Å². The second-order valence-electron chi connectivity index (χ2n) is 7.06. The number of hydrogen-bond acceptors (Lipinski definition) is 5. The summed E-state index contributed by atoms with van der Waals surface area (Å²) in [4.78, 5) is 16.5. The van der Waals surface area contributed by atoms with Gasteiger partial charge in [0, 0.05) is 23.0 Å². The summed E-state index contributed by atoms with van der Waals surface area (Å²) in [6, 6.07) is 14.7. The van der Waals surface area contributed by atoms with Gasteiger partial charge in [0.2, 0.25) is 5.88 Å². The van der Waals surface area contributed by atoms with Crippen LogP contribution in [0.4, 0.5) is 10.1 Å².